The number of carbonyl (C=O) groups excluding carboxylic acids is 3. The van der Waals surface area contributed by atoms with Gasteiger partial charge in [0.05, 0.1) is 31.2 Å². The van der Waals surface area contributed by atoms with E-state index in [9.17, 15) is 14.4 Å². The van der Waals surface area contributed by atoms with E-state index in [0.29, 0.717) is 28.4 Å². The molecule has 0 N–H and O–H groups in total. The Morgan fingerprint density at radius 2 is 1.53 bits per heavy atom. The van der Waals surface area contributed by atoms with E-state index in [1.807, 2.05) is 6.07 Å². The molecule has 3 aromatic carbocycles. The number of hydrogen-bond acceptors (Lipinski definition) is 8. The Kier molecular flexibility index (Phi) is 7.92. The highest BCUT2D eigenvalue weighted by molar-refractivity contribution is 8.18. The minimum absolute atomic E-state index is 0.0859. The van der Waals surface area contributed by atoms with Crippen LogP contribution in [-0.4, -0.2) is 49.4 Å². The number of amides is 2. The number of esters is 1. The molecular formula is C27H23NO7S. The molecule has 0 bridgehead atoms. The summed E-state index contributed by atoms with van der Waals surface area (Å²) in [6, 6.07) is 20.6. The van der Waals surface area contributed by atoms with Crippen molar-refractivity contribution in [2.24, 2.45) is 0 Å². The maximum atomic E-state index is 12.9. The van der Waals surface area contributed by atoms with Crippen LogP contribution in [0.5, 0.6) is 23.0 Å². The molecule has 4 rings (SSSR count). The molecule has 2 amide bonds. The molecular weight excluding hydrogens is 482 g/mol. The van der Waals surface area contributed by atoms with Crippen molar-refractivity contribution in [2.75, 3.05) is 27.4 Å². The Balaban J connectivity index is 1.45. The lowest BCUT2D eigenvalue weighted by atomic mass is 10.1. The molecule has 9 heteroatoms. The van der Waals surface area contributed by atoms with Gasteiger partial charge in [0.1, 0.15) is 6.61 Å². The van der Waals surface area contributed by atoms with Crippen molar-refractivity contribution in [1.82, 2.24) is 4.90 Å². The summed E-state index contributed by atoms with van der Waals surface area (Å²) in [4.78, 5) is 39.2. The molecule has 1 aliphatic heterocycles. The molecule has 0 radical (unpaired) electrons. The third kappa shape index (κ3) is 5.69. The molecule has 0 aromatic heterocycles. The van der Waals surface area contributed by atoms with Gasteiger partial charge in [-0.25, -0.2) is 4.79 Å². The van der Waals surface area contributed by atoms with Crippen molar-refractivity contribution in [3.8, 4) is 23.0 Å². The van der Waals surface area contributed by atoms with E-state index in [0.717, 1.165) is 16.7 Å². The third-order valence-corrected chi connectivity index (χ3v) is 6.12. The fourth-order valence-corrected chi connectivity index (χ4v) is 4.29. The first-order valence-corrected chi connectivity index (χ1v) is 11.8. The van der Waals surface area contributed by atoms with Crippen molar-refractivity contribution in [3.63, 3.8) is 0 Å². The SMILES string of the molecule is COc1ccccc1OCCN1C(=O)S/C(=C\c2ccc(OC)c(OC(=O)c3ccccc3)c2)C1=O. The normalized spacial score (nSPS) is 14.2. The molecule has 0 aliphatic carbocycles. The predicted molar refractivity (Wildman–Crippen MR) is 136 cm³/mol. The number of thioether (sulfide) groups is 1. The minimum atomic E-state index is -0.540. The zero-order chi connectivity index (χ0) is 25.5. The lowest BCUT2D eigenvalue weighted by Crippen LogP contribution is -2.32. The highest BCUT2D eigenvalue weighted by Crippen LogP contribution is 2.35. The Morgan fingerprint density at radius 1 is 0.861 bits per heavy atom. The maximum absolute atomic E-state index is 12.9. The lowest BCUT2D eigenvalue weighted by molar-refractivity contribution is -0.123. The molecule has 184 valence electrons. The van der Waals surface area contributed by atoms with Crippen LogP contribution in [0.4, 0.5) is 4.79 Å². The second kappa shape index (κ2) is 11.5. The van der Waals surface area contributed by atoms with E-state index < -0.39 is 11.9 Å². The molecule has 8 nitrogen and oxygen atoms in total. The van der Waals surface area contributed by atoms with Crippen LogP contribution in [-0.2, 0) is 4.79 Å². The van der Waals surface area contributed by atoms with Crippen molar-refractivity contribution >= 4 is 35.0 Å². The van der Waals surface area contributed by atoms with Gasteiger partial charge >= 0.3 is 5.97 Å². The van der Waals surface area contributed by atoms with Crippen LogP contribution in [0.3, 0.4) is 0 Å². The van der Waals surface area contributed by atoms with Gasteiger partial charge in [0, 0.05) is 0 Å². The van der Waals surface area contributed by atoms with E-state index in [2.05, 4.69) is 0 Å². The van der Waals surface area contributed by atoms with Gasteiger partial charge in [0.25, 0.3) is 11.1 Å². The molecule has 0 spiro atoms. The number of rotatable bonds is 9. The fraction of sp³-hybridized carbons (Fsp3) is 0.148. The Hall–Kier alpha value is -4.24. The van der Waals surface area contributed by atoms with Crippen molar-refractivity contribution in [2.45, 2.75) is 0 Å². The van der Waals surface area contributed by atoms with Crippen LogP contribution < -0.4 is 18.9 Å². The smallest absolute Gasteiger partial charge is 0.343 e. The average Bonchev–Trinajstić information content (AvgIpc) is 3.17. The van der Waals surface area contributed by atoms with Gasteiger partial charge < -0.3 is 18.9 Å². The molecule has 0 saturated carbocycles. The van der Waals surface area contributed by atoms with Crippen LogP contribution in [0.25, 0.3) is 6.08 Å². The first-order chi connectivity index (χ1) is 17.5. The molecule has 1 saturated heterocycles. The molecule has 0 unspecified atom stereocenters. The largest absolute Gasteiger partial charge is 0.493 e. The predicted octanol–water partition coefficient (Wildman–Crippen LogP) is 5.04. The number of para-hydroxylation sites is 2. The number of nitrogens with zero attached hydrogens (tertiary/aromatic N) is 1. The third-order valence-electron chi connectivity index (χ3n) is 5.21. The number of hydrogen-bond donors (Lipinski definition) is 0. The standard InChI is InChI=1S/C27H23NO7S/c1-32-20-10-6-7-11-22(20)34-15-14-28-25(29)24(36-27(28)31)17-18-12-13-21(33-2)23(16-18)35-26(30)19-8-4-3-5-9-19/h3-13,16-17H,14-15H2,1-2H3/b24-17-. The van der Waals surface area contributed by atoms with Gasteiger partial charge in [-0.2, -0.15) is 0 Å². The number of benzene rings is 3. The Morgan fingerprint density at radius 3 is 2.25 bits per heavy atom. The molecule has 3 aromatic rings. The molecule has 1 aliphatic rings. The van der Waals surface area contributed by atoms with Crippen LogP contribution in [0.15, 0.2) is 77.7 Å². The monoisotopic (exact) mass is 505 g/mol. The van der Waals surface area contributed by atoms with Gasteiger partial charge in [-0.05, 0) is 59.8 Å². The quantitative estimate of drug-likeness (QED) is 0.227. The van der Waals surface area contributed by atoms with Crippen LogP contribution >= 0.6 is 11.8 Å². The van der Waals surface area contributed by atoms with E-state index >= 15 is 0 Å². The molecule has 36 heavy (non-hydrogen) atoms. The number of imide groups is 1. The summed E-state index contributed by atoms with van der Waals surface area (Å²) in [5, 5.41) is -0.390. The second-order valence-corrected chi connectivity index (χ2v) is 8.49. The van der Waals surface area contributed by atoms with Crippen molar-refractivity contribution in [3.05, 3.63) is 88.8 Å². The zero-order valence-corrected chi connectivity index (χ0v) is 20.4. The van der Waals surface area contributed by atoms with E-state index in [1.54, 1.807) is 72.8 Å². The summed E-state index contributed by atoms with van der Waals surface area (Å²) in [5.41, 5.74) is 0.962. The topological polar surface area (TPSA) is 91.4 Å². The zero-order valence-electron chi connectivity index (χ0n) is 19.6. The van der Waals surface area contributed by atoms with E-state index in [-0.39, 0.29) is 29.0 Å². The number of ether oxygens (including phenoxy) is 4. The van der Waals surface area contributed by atoms with E-state index in [1.165, 1.54) is 14.2 Å². The highest BCUT2D eigenvalue weighted by Gasteiger charge is 2.35. The highest BCUT2D eigenvalue weighted by atomic mass is 32.2. The fourth-order valence-electron chi connectivity index (χ4n) is 3.42. The minimum Gasteiger partial charge on any atom is -0.493 e. The van der Waals surface area contributed by atoms with Crippen molar-refractivity contribution in [1.29, 1.82) is 0 Å². The van der Waals surface area contributed by atoms with Crippen LogP contribution in [0.2, 0.25) is 0 Å². The number of methoxy groups -OCH3 is 2. The van der Waals surface area contributed by atoms with Crippen molar-refractivity contribution < 1.29 is 33.3 Å². The lowest BCUT2D eigenvalue weighted by Gasteiger charge is -2.14. The first-order valence-electron chi connectivity index (χ1n) is 11.0. The van der Waals surface area contributed by atoms with Gasteiger partial charge in [-0.3, -0.25) is 14.5 Å². The summed E-state index contributed by atoms with van der Waals surface area (Å²) in [7, 11) is 3.00. The van der Waals surface area contributed by atoms with Gasteiger partial charge in [-0.1, -0.05) is 36.4 Å². The molecule has 1 fully saturated rings. The number of carbonyl (C=O) groups is 3. The van der Waals surface area contributed by atoms with E-state index in [4.69, 9.17) is 18.9 Å². The molecule has 0 atom stereocenters. The summed E-state index contributed by atoms with van der Waals surface area (Å²) in [6.45, 7) is 0.205. The average molecular weight is 506 g/mol. The van der Waals surface area contributed by atoms with Crippen LogP contribution in [0, 0.1) is 0 Å². The first kappa shape index (κ1) is 24.9. The Bertz CT molecular complexity index is 1310. The second-order valence-electron chi connectivity index (χ2n) is 7.50. The maximum Gasteiger partial charge on any atom is 0.343 e. The molecule has 1 heterocycles. The van der Waals surface area contributed by atoms with Gasteiger partial charge in [0.15, 0.2) is 23.0 Å². The summed E-state index contributed by atoms with van der Waals surface area (Å²) < 4.78 is 21.8. The van der Waals surface area contributed by atoms with Gasteiger partial charge in [0.2, 0.25) is 0 Å². The van der Waals surface area contributed by atoms with Gasteiger partial charge in [-0.15, -0.1) is 0 Å². The Labute approximate surface area is 212 Å². The summed E-state index contributed by atoms with van der Waals surface area (Å²) in [5.74, 6) is 0.685. The van der Waals surface area contributed by atoms with Crippen LogP contribution in [0.1, 0.15) is 15.9 Å². The summed E-state index contributed by atoms with van der Waals surface area (Å²) in [6.07, 6.45) is 1.57. The summed E-state index contributed by atoms with van der Waals surface area (Å²) >= 11 is 0.836.